The first kappa shape index (κ1) is 26.3. The number of hydrogen-bond donors (Lipinski definition) is 6. The van der Waals surface area contributed by atoms with Crippen molar-refractivity contribution in [1.29, 1.82) is 0 Å². The lowest BCUT2D eigenvalue weighted by molar-refractivity contribution is -0.149. The molecular formula is C19H33N5O7. The highest BCUT2D eigenvalue weighted by molar-refractivity contribution is 5.94. The molecule has 0 aromatic heterocycles. The van der Waals surface area contributed by atoms with Crippen molar-refractivity contribution in [3.05, 3.63) is 0 Å². The van der Waals surface area contributed by atoms with E-state index < -0.39 is 60.4 Å². The van der Waals surface area contributed by atoms with Crippen molar-refractivity contribution in [2.75, 3.05) is 13.2 Å². The molecule has 1 fully saturated rings. The van der Waals surface area contributed by atoms with Crippen molar-refractivity contribution in [3.63, 3.8) is 0 Å². The van der Waals surface area contributed by atoms with Crippen LogP contribution in [0, 0.1) is 5.92 Å². The van der Waals surface area contributed by atoms with Crippen molar-refractivity contribution < 1.29 is 34.2 Å². The Morgan fingerprint density at radius 3 is 2.23 bits per heavy atom. The molecule has 1 heterocycles. The SMILES string of the molecule is CC(C)CC(NC(=O)C(N)CO)C(=O)NC(CCC(N)=O)C(=O)N1CCCC1C(=O)O. The highest BCUT2D eigenvalue weighted by Gasteiger charge is 2.38. The van der Waals surface area contributed by atoms with Crippen LogP contribution in [0.4, 0.5) is 0 Å². The molecule has 0 aliphatic carbocycles. The summed E-state index contributed by atoms with van der Waals surface area (Å²) in [6, 6.07) is -4.44. The van der Waals surface area contributed by atoms with Crippen LogP contribution in [-0.4, -0.2) is 82.0 Å². The van der Waals surface area contributed by atoms with Crippen LogP contribution in [0.3, 0.4) is 0 Å². The largest absolute Gasteiger partial charge is 0.480 e. The molecule has 12 heteroatoms. The highest BCUT2D eigenvalue weighted by atomic mass is 16.4. The van der Waals surface area contributed by atoms with Crippen molar-refractivity contribution in [3.8, 4) is 0 Å². The Morgan fingerprint density at radius 2 is 1.71 bits per heavy atom. The third kappa shape index (κ3) is 8.13. The summed E-state index contributed by atoms with van der Waals surface area (Å²) in [5.41, 5.74) is 10.7. The van der Waals surface area contributed by atoms with Crippen LogP contribution in [0.2, 0.25) is 0 Å². The minimum absolute atomic E-state index is 0.00357. The molecule has 0 saturated carbocycles. The van der Waals surface area contributed by atoms with E-state index >= 15 is 0 Å². The van der Waals surface area contributed by atoms with E-state index in [0.717, 1.165) is 0 Å². The second-order valence-corrected chi connectivity index (χ2v) is 8.07. The first-order valence-electron chi connectivity index (χ1n) is 10.3. The fourth-order valence-corrected chi connectivity index (χ4v) is 3.37. The zero-order chi connectivity index (χ0) is 23.7. The second-order valence-electron chi connectivity index (χ2n) is 8.07. The van der Waals surface area contributed by atoms with E-state index in [1.165, 1.54) is 4.90 Å². The van der Waals surface area contributed by atoms with Crippen LogP contribution >= 0.6 is 0 Å². The normalized spacial score (nSPS) is 18.9. The number of nitrogens with two attached hydrogens (primary N) is 2. The van der Waals surface area contributed by atoms with Gasteiger partial charge in [0.1, 0.15) is 24.2 Å². The van der Waals surface area contributed by atoms with Gasteiger partial charge in [0.05, 0.1) is 6.61 Å². The number of primary amides is 1. The van der Waals surface area contributed by atoms with E-state index in [-0.39, 0.29) is 31.7 Å². The number of nitrogens with one attached hydrogen (secondary N) is 2. The lowest BCUT2D eigenvalue weighted by Gasteiger charge is -2.29. The van der Waals surface area contributed by atoms with Crippen molar-refractivity contribution in [2.24, 2.45) is 17.4 Å². The minimum Gasteiger partial charge on any atom is -0.480 e. The molecule has 1 saturated heterocycles. The third-order valence-corrected chi connectivity index (χ3v) is 4.99. The Balaban J connectivity index is 3.01. The van der Waals surface area contributed by atoms with Gasteiger partial charge in [-0.2, -0.15) is 0 Å². The fourth-order valence-electron chi connectivity index (χ4n) is 3.37. The average Bonchev–Trinajstić information content (AvgIpc) is 3.18. The molecule has 4 atom stereocenters. The Morgan fingerprint density at radius 1 is 1.10 bits per heavy atom. The Hall–Kier alpha value is -2.73. The van der Waals surface area contributed by atoms with Gasteiger partial charge in [-0.15, -0.1) is 0 Å². The molecule has 12 nitrogen and oxygen atoms in total. The third-order valence-electron chi connectivity index (χ3n) is 4.99. The maximum absolute atomic E-state index is 13.0. The van der Waals surface area contributed by atoms with Gasteiger partial charge in [0.15, 0.2) is 0 Å². The summed E-state index contributed by atoms with van der Waals surface area (Å²) >= 11 is 0. The van der Waals surface area contributed by atoms with E-state index in [0.29, 0.717) is 12.8 Å². The van der Waals surface area contributed by atoms with Gasteiger partial charge in [-0.3, -0.25) is 19.2 Å². The molecular weight excluding hydrogens is 410 g/mol. The van der Waals surface area contributed by atoms with Gasteiger partial charge < -0.3 is 37.2 Å². The molecule has 31 heavy (non-hydrogen) atoms. The molecule has 0 spiro atoms. The fraction of sp³-hybridized carbons (Fsp3) is 0.737. The van der Waals surface area contributed by atoms with Gasteiger partial charge >= 0.3 is 5.97 Å². The van der Waals surface area contributed by atoms with Crippen LogP contribution < -0.4 is 22.1 Å². The maximum Gasteiger partial charge on any atom is 0.326 e. The molecule has 0 aromatic carbocycles. The summed E-state index contributed by atoms with van der Waals surface area (Å²) < 4.78 is 0. The standard InChI is InChI=1S/C19H33N5O7/c1-10(2)8-13(23-16(27)11(20)9-25)17(28)22-12(5-6-15(21)26)18(29)24-7-3-4-14(24)19(30)31/h10-14,25H,3-9,20H2,1-2H3,(H2,21,26)(H,22,28)(H,23,27)(H,30,31). The second kappa shape index (κ2) is 12.2. The topological polar surface area (TPSA) is 205 Å². The molecule has 0 bridgehead atoms. The number of amides is 4. The number of nitrogens with zero attached hydrogens (tertiary/aromatic N) is 1. The molecule has 1 aliphatic rings. The van der Waals surface area contributed by atoms with Gasteiger partial charge in [-0.1, -0.05) is 13.8 Å². The quantitative estimate of drug-likeness (QED) is 0.192. The van der Waals surface area contributed by atoms with Gasteiger partial charge in [0, 0.05) is 13.0 Å². The Labute approximate surface area is 180 Å². The predicted octanol–water partition coefficient (Wildman–Crippen LogP) is -2.34. The van der Waals surface area contributed by atoms with Crippen molar-refractivity contribution >= 4 is 29.6 Å². The number of hydrogen-bond acceptors (Lipinski definition) is 7. The van der Waals surface area contributed by atoms with Crippen LogP contribution in [-0.2, 0) is 24.0 Å². The van der Waals surface area contributed by atoms with E-state index in [4.69, 9.17) is 16.6 Å². The van der Waals surface area contributed by atoms with E-state index in [2.05, 4.69) is 10.6 Å². The van der Waals surface area contributed by atoms with Gasteiger partial charge in [0.2, 0.25) is 23.6 Å². The van der Waals surface area contributed by atoms with Gasteiger partial charge in [-0.25, -0.2) is 4.79 Å². The van der Waals surface area contributed by atoms with E-state index in [1.807, 2.05) is 13.8 Å². The van der Waals surface area contributed by atoms with Crippen LogP contribution in [0.25, 0.3) is 0 Å². The van der Waals surface area contributed by atoms with Crippen molar-refractivity contribution in [1.82, 2.24) is 15.5 Å². The molecule has 4 amide bonds. The molecule has 1 rings (SSSR count). The van der Waals surface area contributed by atoms with Crippen LogP contribution in [0.1, 0.15) is 46.0 Å². The summed E-state index contributed by atoms with van der Waals surface area (Å²) in [6.07, 6.45) is 0.723. The minimum atomic E-state index is -1.21. The summed E-state index contributed by atoms with van der Waals surface area (Å²) in [4.78, 5) is 61.8. The summed E-state index contributed by atoms with van der Waals surface area (Å²) in [7, 11) is 0. The maximum atomic E-state index is 13.0. The summed E-state index contributed by atoms with van der Waals surface area (Å²) in [5, 5.41) is 23.4. The smallest absolute Gasteiger partial charge is 0.326 e. The summed E-state index contributed by atoms with van der Waals surface area (Å²) in [5.74, 6) is -3.86. The number of likely N-dealkylation sites (tertiary alicyclic amines) is 1. The molecule has 0 radical (unpaired) electrons. The number of aliphatic carboxylic acids is 1. The van der Waals surface area contributed by atoms with E-state index in [1.54, 1.807) is 0 Å². The monoisotopic (exact) mass is 443 g/mol. The Kier molecular flexibility index (Phi) is 10.4. The first-order chi connectivity index (χ1) is 14.5. The molecule has 1 aliphatic heterocycles. The average molecular weight is 444 g/mol. The zero-order valence-electron chi connectivity index (χ0n) is 17.9. The molecule has 4 unspecified atom stereocenters. The Bertz CT molecular complexity index is 685. The van der Waals surface area contributed by atoms with E-state index in [9.17, 15) is 29.1 Å². The molecule has 8 N–H and O–H groups in total. The number of carboxylic acid groups (broad SMARTS) is 1. The van der Waals surface area contributed by atoms with Gasteiger partial charge in [0.25, 0.3) is 0 Å². The van der Waals surface area contributed by atoms with Gasteiger partial charge in [-0.05, 0) is 31.6 Å². The van der Waals surface area contributed by atoms with Crippen molar-refractivity contribution in [2.45, 2.75) is 70.1 Å². The number of carboxylic acids is 1. The lowest BCUT2D eigenvalue weighted by atomic mass is 10.0. The molecule has 0 aromatic rings. The first-order valence-corrected chi connectivity index (χ1v) is 10.3. The summed E-state index contributed by atoms with van der Waals surface area (Å²) in [6.45, 7) is 3.27. The zero-order valence-corrected chi connectivity index (χ0v) is 17.9. The number of aliphatic hydroxyl groups is 1. The number of carbonyl (C=O) groups excluding carboxylic acids is 4. The highest BCUT2D eigenvalue weighted by Crippen LogP contribution is 2.20. The predicted molar refractivity (Wildman–Crippen MR) is 109 cm³/mol. The number of aliphatic hydroxyl groups excluding tert-OH is 1. The molecule has 176 valence electrons. The van der Waals surface area contributed by atoms with Crippen LogP contribution in [0.15, 0.2) is 0 Å². The lowest BCUT2D eigenvalue weighted by Crippen LogP contribution is -2.57. The number of rotatable bonds is 12. The van der Waals surface area contributed by atoms with Crippen LogP contribution in [0.5, 0.6) is 0 Å². The number of carbonyl (C=O) groups is 5.